The molecule has 0 aromatic rings. The second-order valence-electron chi connectivity index (χ2n) is 8.32. The van der Waals surface area contributed by atoms with E-state index in [0.717, 1.165) is 6.42 Å². The van der Waals surface area contributed by atoms with Gasteiger partial charge in [0, 0.05) is 6.42 Å². The van der Waals surface area contributed by atoms with Crippen molar-refractivity contribution in [3.8, 4) is 0 Å². The predicted molar refractivity (Wildman–Crippen MR) is 107 cm³/mol. The number of aliphatic hydroxyl groups excluding tert-OH is 3. The highest BCUT2D eigenvalue weighted by atomic mass is 32.2. The Bertz CT molecular complexity index is 523. The molecule has 2 fully saturated rings. The fraction of sp³-hybridized carbons (Fsp3) is 0.947. The summed E-state index contributed by atoms with van der Waals surface area (Å²) in [4.78, 5) is 12.9. The number of rotatable bonds is 7. The van der Waals surface area contributed by atoms with Crippen LogP contribution in [0.3, 0.4) is 0 Å². The normalized spacial score (nSPS) is 40.3. The third kappa shape index (κ3) is 5.37. The first kappa shape index (κ1) is 23.8. The summed E-state index contributed by atoms with van der Waals surface area (Å²) in [5.41, 5.74) is -2.06. The van der Waals surface area contributed by atoms with Crippen molar-refractivity contribution in [2.24, 2.45) is 5.92 Å². The number of alkyl halides is 1. The molecule has 0 aliphatic carbocycles. The van der Waals surface area contributed by atoms with Crippen LogP contribution < -0.4 is 10.6 Å². The van der Waals surface area contributed by atoms with Crippen molar-refractivity contribution in [3.05, 3.63) is 0 Å². The summed E-state index contributed by atoms with van der Waals surface area (Å²) >= 11 is 1.23. The second kappa shape index (κ2) is 10.0. The Morgan fingerprint density at radius 1 is 1.32 bits per heavy atom. The first-order valence-electron chi connectivity index (χ1n) is 10.1. The van der Waals surface area contributed by atoms with Gasteiger partial charge in [0.2, 0.25) is 5.91 Å². The number of ether oxygens (including phenoxy) is 1. The van der Waals surface area contributed by atoms with Gasteiger partial charge in [-0.25, -0.2) is 4.39 Å². The van der Waals surface area contributed by atoms with Gasteiger partial charge in [-0.15, -0.1) is 11.8 Å². The molecule has 0 aromatic carbocycles. The van der Waals surface area contributed by atoms with E-state index in [4.69, 9.17) is 4.74 Å². The fourth-order valence-corrected chi connectivity index (χ4v) is 4.81. The molecule has 0 bridgehead atoms. The van der Waals surface area contributed by atoms with E-state index in [1.165, 1.54) is 11.8 Å². The number of amides is 1. The number of halogens is 1. The molecule has 0 saturated carbocycles. The number of piperidine rings is 1. The van der Waals surface area contributed by atoms with Crippen LogP contribution in [0.1, 0.15) is 46.5 Å². The van der Waals surface area contributed by atoms with Gasteiger partial charge in [0.25, 0.3) is 0 Å². The lowest BCUT2D eigenvalue weighted by Crippen LogP contribution is -2.65. The number of nitrogens with one attached hydrogen (secondary N) is 2. The molecule has 28 heavy (non-hydrogen) atoms. The van der Waals surface area contributed by atoms with Gasteiger partial charge in [-0.2, -0.15) is 0 Å². The lowest BCUT2D eigenvalue weighted by molar-refractivity contribution is -0.208. The largest absolute Gasteiger partial charge is 0.388 e. The molecule has 1 amide bonds. The minimum absolute atomic E-state index is 0.108. The SMILES string of the molecule is CCCC1(F)CCN[C@H](C(=O)N[C@H](C(C)C)[C@H]2O[C@H](SC)[C@H](O)[C@@H](O)[C@H]2O)C1. The van der Waals surface area contributed by atoms with Crippen LogP contribution >= 0.6 is 11.8 Å². The van der Waals surface area contributed by atoms with Crippen molar-refractivity contribution in [2.75, 3.05) is 12.8 Å². The molecule has 0 radical (unpaired) electrons. The van der Waals surface area contributed by atoms with Crippen molar-refractivity contribution in [2.45, 2.75) is 94.1 Å². The molecule has 8 atom stereocenters. The summed E-state index contributed by atoms with van der Waals surface area (Å²) in [5.74, 6) is -0.448. The van der Waals surface area contributed by atoms with E-state index in [1.807, 2.05) is 20.8 Å². The van der Waals surface area contributed by atoms with Crippen molar-refractivity contribution in [1.82, 2.24) is 10.6 Å². The van der Waals surface area contributed by atoms with Gasteiger partial charge in [-0.3, -0.25) is 4.79 Å². The lowest BCUT2D eigenvalue weighted by atomic mass is 9.84. The number of thioether (sulfide) groups is 1. The van der Waals surface area contributed by atoms with E-state index < -0.39 is 47.6 Å². The van der Waals surface area contributed by atoms with Gasteiger partial charge in [-0.1, -0.05) is 27.2 Å². The molecule has 2 aliphatic rings. The van der Waals surface area contributed by atoms with Crippen molar-refractivity contribution in [1.29, 1.82) is 0 Å². The average Bonchev–Trinajstić information content (AvgIpc) is 2.64. The zero-order valence-electron chi connectivity index (χ0n) is 17.1. The number of carbonyl (C=O) groups excluding carboxylic acids is 1. The Morgan fingerprint density at radius 3 is 2.57 bits per heavy atom. The maximum Gasteiger partial charge on any atom is 0.237 e. The van der Waals surface area contributed by atoms with Crippen LogP contribution in [0.25, 0.3) is 0 Å². The summed E-state index contributed by atoms with van der Waals surface area (Å²) in [6.45, 7) is 6.11. The average molecular weight is 423 g/mol. The molecule has 9 heteroatoms. The highest BCUT2D eigenvalue weighted by molar-refractivity contribution is 7.99. The zero-order valence-corrected chi connectivity index (χ0v) is 17.9. The molecule has 0 aromatic heterocycles. The molecular formula is C19H35FN2O5S. The maximum atomic E-state index is 14.9. The third-order valence-electron chi connectivity index (χ3n) is 5.77. The standard InChI is InChI=1S/C19H35FN2O5S/c1-5-6-19(20)7-8-21-11(9-19)17(26)22-12(10(2)3)16-14(24)13(23)15(25)18(27-16)28-4/h10-16,18,21,23-25H,5-9H2,1-4H3,(H,22,26)/t11-,12+,13-,14+,15+,16+,18+,19?/m0/s1. The van der Waals surface area contributed by atoms with E-state index in [2.05, 4.69) is 10.6 Å². The third-order valence-corrected chi connectivity index (χ3v) is 6.62. The van der Waals surface area contributed by atoms with E-state index in [1.54, 1.807) is 6.26 Å². The smallest absolute Gasteiger partial charge is 0.237 e. The van der Waals surface area contributed by atoms with E-state index in [-0.39, 0.29) is 18.2 Å². The molecule has 1 unspecified atom stereocenters. The first-order valence-corrected chi connectivity index (χ1v) is 11.4. The highest BCUT2D eigenvalue weighted by Crippen LogP contribution is 2.32. The molecule has 2 aliphatic heterocycles. The van der Waals surface area contributed by atoms with Crippen molar-refractivity contribution < 1.29 is 29.2 Å². The molecule has 0 spiro atoms. The maximum absolute atomic E-state index is 14.9. The number of hydrogen-bond donors (Lipinski definition) is 5. The Hall–Kier alpha value is -0.450. The molecule has 5 N–H and O–H groups in total. The van der Waals surface area contributed by atoms with Crippen LogP contribution in [-0.2, 0) is 9.53 Å². The van der Waals surface area contributed by atoms with Gasteiger partial charge >= 0.3 is 0 Å². The van der Waals surface area contributed by atoms with Crippen molar-refractivity contribution >= 4 is 17.7 Å². The number of hydrogen-bond acceptors (Lipinski definition) is 7. The quantitative estimate of drug-likeness (QED) is 0.408. The summed E-state index contributed by atoms with van der Waals surface area (Å²) < 4.78 is 20.8. The van der Waals surface area contributed by atoms with Crippen LogP contribution in [0.2, 0.25) is 0 Å². The Labute approximate surface area is 170 Å². The minimum Gasteiger partial charge on any atom is -0.388 e. The molecule has 164 valence electrons. The second-order valence-corrected chi connectivity index (χ2v) is 9.25. The van der Waals surface area contributed by atoms with Gasteiger partial charge in [-0.05, 0) is 31.6 Å². The first-order chi connectivity index (χ1) is 13.1. The summed E-state index contributed by atoms with van der Waals surface area (Å²) in [6, 6.07) is -1.25. The van der Waals surface area contributed by atoms with Gasteiger partial charge in [0.05, 0.1) is 12.1 Å². The van der Waals surface area contributed by atoms with Gasteiger partial charge in [0.15, 0.2) is 0 Å². The summed E-state index contributed by atoms with van der Waals surface area (Å²) in [5, 5.41) is 36.7. The van der Waals surface area contributed by atoms with E-state index in [9.17, 15) is 24.5 Å². The Balaban J connectivity index is 2.10. The Morgan fingerprint density at radius 2 is 2.00 bits per heavy atom. The monoisotopic (exact) mass is 422 g/mol. The highest BCUT2D eigenvalue weighted by Gasteiger charge is 2.48. The van der Waals surface area contributed by atoms with Crippen LogP contribution in [0.15, 0.2) is 0 Å². The van der Waals surface area contributed by atoms with E-state index in [0.29, 0.717) is 19.4 Å². The van der Waals surface area contributed by atoms with Crippen LogP contribution in [0.4, 0.5) is 4.39 Å². The fourth-order valence-electron chi connectivity index (χ4n) is 4.13. The van der Waals surface area contributed by atoms with Crippen LogP contribution in [0, 0.1) is 5.92 Å². The Kier molecular flexibility index (Phi) is 8.54. The molecule has 7 nitrogen and oxygen atoms in total. The molecular weight excluding hydrogens is 387 g/mol. The molecule has 2 rings (SSSR count). The lowest BCUT2D eigenvalue weighted by Gasteiger charge is -2.44. The van der Waals surface area contributed by atoms with Gasteiger partial charge in [0.1, 0.15) is 35.5 Å². The van der Waals surface area contributed by atoms with Crippen LogP contribution in [-0.4, -0.2) is 81.6 Å². The van der Waals surface area contributed by atoms with Crippen molar-refractivity contribution in [3.63, 3.8) is 0 Å². The topological polar surface area (TPSA) is 111 Å². The number of aliphatic hydroxyl groups is 3. The summed E-state index contributed by atoms with van der Waals surface area (Å²) in [6.07, 6.45) is -1.43. The summed E-state index contributed by atoms with van der Waals surface area (Å²) in [7, 11) is 0. The van der Waals surface area contributed by atoms with E-state index >= 15 is 0 Å². The number of carbonyl (C=O) groups is 1. The van der Waals surface area contributed by atoms with Gasteiger partial charge < -0.3 is 30.7 Å². The van der Waals surface area contributed by atoms with Crippen LogP contribution in [0.5, 0.6) is 0 Å². The zero-order chi connectivity index (χ0) is 21.1. The molecule has 2 heterocycles. The minimum atomic E-state index is -1.37. The molecule has 2 saturated heterocycles. The predicted octanol–water partition coefficient (Wildman–Crippen LogP) is 0.558.